The Balaban J connectivity index is 3.03. The quantitative estimate of drug-likeness (QED) is 0.893. The number of nitrogens with two attached hydrogens (primary N) is 1. The lowest BCUT2D eigenvalue weighted by atomic mass is 10.0. The average molecular weight is 320 g/mol. The molecule has 1 aromatic rings. The summed E-state index contributed by atoms with van der Waals surface area (Å²) in [6.45, 7) is 8.14. The number of hydrogen-bond acceptors (Lipinski definition) is 2. The molecule has 2 nitrogen and oxygen atoms in total. The van der Waals surface area contributed by atoms with E-state index in [1.165, 1.54) is 5.56 Å². The van der Waals surface area contributed by atoms with Crippen LogP contribution in [0.4, 0.5) is 0 Å². The topological polar surface area (TPSA) is 29.3 Å². The van der Waals surface area contributed by atoms with Crippen molar-refractivity contribution in [2.45, 2.75) is 32.9 Å². The van der Waals surface area contributed by atoms with Crippen LogP contribution >= 0.6 is 27.5 Å². The van der Waals surface area contributed by atoms with E-state index < -0.39 is 0 Å². The number of likely N-dealkylation sites (N-methyl/N-ethyl adjacent to an activating group) is 1. The highest BCUT2D eigenvalue weighted by atomic mass is 79.9. The van der Waals surface area contributed by atoms with E-state index in [0.717, 1.165) is 16.0 Å². The second-order valence-corrected chi connectivity index (χ2v) is 5.61. The van der Waals surface area contributed by atoms with Crippen LogP contribution in [0.1, 0.15) is 32.4 Å². The molecule has 0 bridgehead atoms. The van der Waals surface area contributed by atoms with Gasteiger partial charge in [-0.2, -0.15) is 0 Å². The van der Waals surface area contributed by atoms with E-state index in [-0.39, 0.29) is 6.04 Å². The molecule has 0 saturated carbocycles. The predicted molar refractivity (Wildman–Crippen MR) is 78.5 cm³/mol. The van der Waals surface area contributed by atoms with E-state index in [4.69, 9.17) is 17.3 Å². The second-order valence-electron chi connectivity index (χ2n) is 4.35. The largest absolute Gasteiger partial charge is 0.329 e. The van der Waals surface area contributed by atoms with Crippen molar-refractivity contribution in [3.05, 3.63) is 33.3 Å². The fraction of sp³-hybridized carbons (Fsp3) is 0.538. The third-order valence-corrected chi connectivity index (χ3v) is 4.19. The number of nitrogens with zero attached hydrogens (tertiary/aromatic N) is 1. The molecule has 0 aliphatic heterocycles. The lowest BCUT2D eigenvalue weighted by molar-refractivity contribution is 0.166. The van der Waals surface area contributed by atoms with Gasteiger partial charge in [0.1, 0.15) is 0 Å². The third-order valence-electron chi connectivity index (χ3n) is 2.98. The van der Waals surface area contributed by atoms with Crippen LogP contribution in [0.2, 0.25) is 5.02 Å². The highest BCUT2D eigenvalue weighted by molar-refractivity contribution is 9.10. The van der Waals surface area contributed by atoms with Crippen molar-refractivity contribution in [1.82, 2.24) is 4.90 Å². The van der Waals surface area contributed by atoms with Gasteiger partial charge in [0.25, 0.3) is 0 Å². The fourth-order valence-electron chi connectivity index (χ4n) is 2.13. The lowest BCUT2D eigenvalue weighted by Gasteiger charge is -2.33. The van der Waals surface area contributed by atoms with Gasteiger partial charge in [-0.25, -0.2) is 0 Å². The molecule has 0 heterocycles. The van der Waals surface area contributed by atoms with Gasteiger partial charge in [0, 0.05) is 23.1 Å². The van der Waals surface area contributed by atoms with Gasteiger partial charge in [0.05, 0.1) is 5.02 Å². The van der Waals surface area contributed by atoms with E-state index in [1.54, 1.807) is 0 Å². The van der Waals surface area contributed by atoms with E-state index in [1.807, 2.05) is 6.07 Å². The Morgan fingerprint density at radius 1 is 1.41 bits per heavy atom. The first-order valence-corrected chi connectivity index (χ1v) is 7.09. The van der Waals surface area contributed by atoms with Crippen LogP contribution in [0, 0.1) is 0 Å². The van der Waals surface area contributed by atoms with Crippen molar-refractivity contribution in [3.63, 3.8) is 0 Å². The Bertz CT molecular complexity index is 368. The first kappa shape index (κ1) is 15.0. The molecule has 1 unspecified atom stereocenters. The zero-order chi connectivity index (χ0) is 13.0. The molecular weight excluding hydrogens is 300 g/mol. The zero-order valence-electron chi connectivity index (χ0n) is 10.6. The molecular formula is C13H20BrClN2. The smallest absolute Gasteiger partial charge is 0.0548 e. The van der Waals surface area contributed by atoms with Crippen LogP contribution in [-0.4, -0.2) is 24.0 Å². The highest BCUT2D eigenvalue weighted by Gasteiger charge is 2.20. The van der Waals surface area contributed by atoms with Gasteiger partial charge in [-0.3, -0.25) is 4.90 Å². The molecule has 1 atom stereocenters. The minimum atomic E-state index is 0.244. The Morgan fingerprint density at radius 2 is 2.06 bits per heavy atom. The van der Waals surface area contributed by atoms with E-state index >= 15 is 0 Å². The van der Waals surface area contributed by atoms with Crippen LogP contribution in [0.25, 0.3) is 0 Å². The first-order valence-electron chi connectivity index (χ1n) is 5.92. The normalized spacial score (nSPS) is 13.4. The Hall–Kier alpha value is -0.0900. The van der Waals surface area contributed by atoms with Crippen LogP contribution < -0.4 is 5.73 Å². The van der Waals surface area contributed by atoms with Crippen molar-refractivity contribution in [2.75, 3.05) is 13.1 Å². The molecule has 1 rings (SSSR count). The van der Waals surface area contributed by atoms with Crippen LogP contribution in [0.5, 0.6) is 0 Å². The number of benzene rings is 1. The molecule has 17 heavy (non-hydrogen) atoms. The first-order chi connectivity index (χ1) is 8.01. The van der Waals surface area contributed by atoms with Gasteiger partial charge < -0.3 is 5.73 Å². The Labute approximate surface area is 117 Å². The Kier molecular flexibility index (Phi) is 5.93. The van der Waals surface area contributed by atoms with Crippen LogP contribution in [0.15, 0.2) is 22.7 Å². The molecule has 0 spiro atoms. The van der Waals surface area contributed by atoms with Crippen molar-refractivity contribution < 1.29 is 0 Å². The van der Waals surface area contributed by atoms with Crippen LogP contribution in [0.3, 0.4) is 0 Å². The van der Waals surface area contributed by atoms with Gasteiger partial charge in [-0.15, -0.1) is 0 Å². The summed E-state index contributed by atoms with van der Waals surface area (Å²) in [7, 11) is 0. The van der Waals surface area contributed by atoms with Gasteiger partial charge in [0.2, 0.25) is 0 Å². The summed E-state index contributed by atoms with van der Waals surface area (Å²) in [5.74, 6) is 0. The zero-order valence-corrected chi connectivity index (χ0v) is 12.9. The van der Waals surface area contributed by atoms with E-state index in [2.05, 4.69) is 53.7 Å². The summed E-state index contributed by atoms with van der Waals surface area (Å²) >= 11 is 9.47. The summed E-state index contributed by atoms with van der Waals surface area (Å²) in [6.07, 6.45) is 0. The molecule has 0 aliphatic carbocycles. The molecule has 1 aromatic carbocycles. The maximum Gasteiger partial charge on any atom is 0.0548 e. The minimum Gasteiger partial charge on any atom is -0.329 e. The predicted octanol–water partition coefficient (Wildman–Crippen LogP) is 3.83. The molecule has 0 fully saturated rings. The minimum absolute atomic E-state index is 0.244. The molecule has 0 amide bonds. The van der Waals surface area contributed by atoms with E-state index in [0.29, 0.717) is 12.6 Å². The summed E-state index contributed by atoms with van der Waals surface area (Å²) in [4.78, 5) is 2.38. The van der Waals surface area contributed by atoms with Gasteiger partial charge in [0.15, 0.2) is 0 Å². The maximum atomic E-state index is 6.01. The average Bonchev–Trinajstić information content (AvgIpc) is 2.29. The Morgan fingerprint density at radius 3 is 2.47 bits per heavy atom. The molecule has 0 saturated heterocycles. The summed E-state index contributed by atoms with van der Waals surface area (Å²) < 4.78 is 0.926. The number of halogens is 2. The van der Waals surface area contributed by atoms with Crippen molar-refractivity contribution in [2.24, 2.45) is 5.73 Å². The SMILES string of the molecule is CCN(C(C)C)C(CN)c1ccc(Cl)c(Br)c1. The van der Waals surface area contributed by atoms with E-state index in [9.17, 15) is 0 Å². The number of hydrogen-bond donors (Lipinski definition) is 1. The maximum absolute atomic E-state index is 6.01. The third kappa shape index (κ3) is 3.68. The van der Waals surface area contributed by atoms with Crippen molar-refractivity contribution in [3.8, 4) is 0 Å². The fourth-order valence-corrected chi connectivity index (χ4v) is 2.64. The lowest BCUT2D eigenvalue weighted by Crippen LogP contribution is -2.38. The van der Waals surface area contributed by atoms with Crippen molar-refractivity contribution >= 4 is 27.5 Å². The molecule has 0 aromatic heterocycles. The second kappa shape index (κ2) is 6.74. The number of rotatable bonds is 5. The summed E-state index contributed by atoms with van der Waals surface area (Å²) in [6, 6.07) is 6.75. The van der Waals surface area contributed by atoms with Gasteiger partial charge in [-0.1, -0.05) is 24.6 Å². The summed E-state index contributed by atoms with van der Waals surface area (Å²) in [5.41, 5.74) is 7.12. The monoisotopic (exact) mass is 318 g/mol. The van der Waals surface area contributed by atoms with Crippen LogP contribution in [-0.2, 0) is 0 Å². The van der Waals surface area contributed by atoms with Gasteiger partial charge >= 0.3 is 0 Å². The summed E-state index contributed by atoms with van der Waals surface area (Å²) in [5, 5.41) is 0.733. The highest BCUT2D eigenvalue weighted by Crippen LogP contribution is 2.29. The van der Waals surface area contributed by atoms with Gasteiger partial charge in [-0.05, 0) is 54.0 Å². The molecule has 2 N–H and O–H groups in total. The molecule has 0 aliphatic rings. The van der Waals surface area contributed by atoms with Crippen molar-refractivity contribution in [1.29, 1.82) is 0 Å². The standard InChI is InChI=1S/C13H20BrClN2/c1-4-17(9(2)3)13(8-16)10-5-6-12(15)11(14)7-10/h5-7,9,13H,4,8,16H2,1-3H3. The molecule has 4 heteroatoms. The molecule has 96 valence electrons. The molecule has 0 radical (unpaired) electrons.